The fraction of sp³-hybridized carbons (Fsp3) is 0.583. The molecule has 0 unspecified atom stereocenters. The number of ketones is 2. The van der Waals surface area contributed by atoms with Crippen molar-refractivity contribution in [2.75, 3.05) is 13.2 Å². The van der Waals surface area contributed by atoms with Crippen LogP contribution < -0.4 is 0 Å². The van der Waals surface area contributed by atoms with E-state index >= 15 is 0 Å². The Labute approximate surface area is 191 Å². The van der Waals surface area contributed by atoms with E-state index in [4.69, 9.17) is 9.47 Å². The first-order chi connectivity index (χ1) is 15.2. The average molecular weight is 462 g/mol. The number of Topliss-reactive ketones (excluding diaryl/α,β-unsaturated/α-hetero) is 2. The molecule has 0 aliphatic heterocycles. The van der Waals surface area contributed by atoms with Crippen LogP contribution >= 0.6 is 0 Å². The van der Waals surface area contributed by atoms with E-state index in [2.05, 4.69) is 0 Å². The zero-order valence-corrected chi connectivity index (χ0v) is 19.5. The Morgan fingerprint density at radius 1 is 0.939 bits per heavy atom. The highest BCUT2D eigenvalue weighted by molar-refractivity contribution is 6.47. The van der Waals surface area contributed by atoms with Crippen LogP contribution in [0.15, 0.2) is 0 Å². The molecule has 1 fully saturated rings. The maximum atomic E-state index is 13.3. The number of phenols is 3. The maximum absolute atomic E-state index is 13.3. The first kappa shape index (κ1) is 24.5. The fourth-order valence-electron chi connectivity index (χ4n) is 5.77. The molecular formula is C24H30O9. The highest BCUT2D eigenvalue weighted by Gasteiger charge is 2.59. The van der Waals surface area contributed by atoms with Gasteiger partial charge in [0.05, 0.1) is 17.0 Å². The number of benzene rings is 1. The predicted molar refractivity (Wildman–Crippen MR) is 115 cm³/mol. The summed E-state index contributed by atoms with van der Waals surface area (Å²) < 4.78 is 9.96. The number of hydrogen-bond donors (Lipinski definition) is 3. The normalized spacial score (nSPS) is 23.6. The Hall–Kier alpha value is -3.10. The smallest absolute Gasteiger partial charge is 0.302 e. The average Bonchev–Trinajstić information content (AvgIpc) is 2.69. The maximum Gasteiger partial charge on any atom is 0.302 e. The molecule has 2 aliphatic rings. The van der Waals surface area contributed by atoms with Crippen LogP contribution in [0.5, 0.6) is 17.2 Å². The van der Waals surface area contributed by atoms with Crippen molar-refractivity contribution >= 4 is 23.5 Å². The standard InChI is InChI=1S/C24H30O9/c1-11(25)32-9-13(10-33-12(2)26)14-17(27)15-16(20(30)18(14)28)24(5)8-6-7-23(3,4)22(24)21(31)19(15)29/h13,22,27-28,30H,6-10H2,1-5H3/t22-,24+/m0/s1. The monoisotopic (exact) mass is 462 g/mol. The lowest BCUT2D eigenvalue weighted by Gasteiger charge is -2.52. The first-order valence-electron chi connectivity index (χ1n) is 10.9. The molecular weight excluding hydrogens is 432 g/mol. The van der Waals surface area contributed by atoms with Crippen molar-refractivity contribution in [3.05, 3.63) is 16.7 Å². The van der Waals surface area contributed by atoms with Gasteiger partial charge >= 0.3 is 11.9 Å². The molecule has 0 radical (unpaired) electrons. The summed E-state index contributed by atoms with van der Waals surface area (Å²) in [6.07, 6.45) is 1.92. The van der Waals surface area contributed by atoms with Crippen LogP contribution in [-0.2, 0) is 29.3 Å². The molecule has 33 heavy (non-hydrogen) atoms. The van der Waals surface area contributed by atoms with Gasteiger partial charge in [-0.25, -0.2) is 0 Å². The fourth-order valence-corrected chi connectivity index (χ4v) is 5.77. The van der Waals surface area contributed by atoms with Crippen molar-refractivity contribution in [2.45, 2.75) is 65.2 Å². The number of rotatable bonds is 5. The lowest BCUT2D eigenvalue weighted by atomic mass is 9.49. The molecule has 3 N–H and O–H groups in total. The number of esters is 2. The van der Waals surface area contributed by atoms with Gasteiger partial charge in [-0.1, -0.05) is 27.2 Å². The van der Waals surface area contributed by atoms with E-state index < -0.39 is 76.6 Å². The van der Waals surface area contributed by atoms with Gasteiger partial charge in [0.25, 0.3) is 0 Å². The Kier molecular flexibility index (Phi) is 6.21. The van der Waals surface area contributed by atoms with Gasteiger partial charge in [-0.05, 0) is 18.3 Å². The summed E-state index contributed by atoms with van der Waals surface area (Å²) >= 11 is 0. The lowest BCUT2D eigenvalue weighted by Crippen LogP contribution is -2.54. The van der Waals surface area contributed by atoms with E-state index in [9.17, 15) is 34.5 Å². The quantitative estimate of drug-likeness (QED) is 0.260. The zero-order chi connectivity index (χ0) is 24.9. The lowest BCUT2D eigenvalue weighted by molar-refractivity contribution is -0.144. The van der Waals surface area contributed by atoms with E-state index in [1.165, 1.54) is 0 Å². The van der Waals surface area contributed by atoms with Crippen molar-refractivity contribution in [3.8, 4) is 17.2 Å². The number of hydrogen-bond acceptors (Lipinski definition) is 9. The summed E-state index contributed by atoms with van der Waals surface area (Å²) in [4.78, 5) is 49.2. The van der Waals surface area contributed by atoms with Gasteiger partial charge in [0.2, 0.25) is 11.6 Å². The topological polar surface area (TPSA) is 147 Å². The van der Waals surface area contributed by atoms with Crippen LogP contribution in [0.1, 0.15) is 81.3 Å². The van der Waals surface area contributed by atoms with E-state index in [1.54, 1.807) is 6.92 Å². The molecule has 1 aromatic carbocycles. The number of ether oxygens (including phenoxy) is 2. The number of carbonyl (C=O) groups excluding carboxylic acids is 4. The van der Waals surface area contributed by atoms with Crippen molar-refractivity contribution in [3.63, 3.8) is 0 Å². The molecule has 0 aromatic heterocycles. The highest BCUT2D eigenvalue weighted by atomic mass is 16.5. The molecule has 2 atom stereocenters. The van der Waals surface area contributed by atoms with Gasteiger partial charge in [-0.2, -0.15) is 0 Å². The number of aromatic hydroxyl groups is 3. The SMILES string of the molecule is CC(=O)OCC(COC(C)=O)c1c(O)c(O)c2c(c1O)C(=O)C(=O)[C@H]1C(C)(C)CCC[C@]21C. The third kappa shape index (κ3) is 3.94. The molecule has 1 saturated carbocycles. The van der Waals surface area contributed by atoms with Gasteiger partial charge in [0.1, 0.15) is 19.0 Å². The highest BCUT2D eigenvalue weighted by Crippen LogP contribution is 2.61. The van der Waals surface area contributed by atoms with Gasteiger partial charge < -0.3 is 24.8 Å². The van der Waals surface area contributed by atoms with E-state index in [0.717, 1.165) is 20.3 Å². The molecule has 0 bridgehead atoms. The Morgan fingerprint density at radius 3 is 2.00 bits per heavy atom. The van der Waals surface area contributed by atoms with E-state index in [-0.39, 0.29) is 16.7 Å². The van der Waals surface area contributed by atoms with Gasteiger partial charge in [0.15, 0.2) is 11.5 Å². The van der Waals surface area contributed by atoms with Crippen LogP contribution in [0, 0.1) is 11.3 Å². The minimum atomic E-state index is -1.09. The van der Waals surface area contributed by atoms with Crippen molar-refractivity contribution < 1.29 is 44.0 Å². The number of phenolic OH excluding ortho intramolecular Hbond substituents is 3. The van der Waals surface area contributed by atoms with Crippen LogP contribution in [-0.4, -0.2) is 52.0 Å². The summed E-state index contributed by atoms with van der Waals surface area (Å²) in [7, 11) is 0. The van der Waals surface area contributed by atoms with Gasteiger partial charge in [0, 0.05) is 30.7 Å². The minimum absolute atomic E-state index is 0.0438. The second kappa shape index (κ2) is 8.35. The van der Waals surface area contributed by atoms with Gasteiger partial charge in [-0.3, -0.25) is 19.2 Å². The molecule has 1 aromatic rings. The second-order valence-corrected chi connectivity index (χ2v) is 9.90. The third-order valence-corrected chi connectivity index (χ3v) is 7.06. The minimum Gasteiger partial charge on any atom is -0.507 e. The summed E-state index contributed by atoms with van der Waals surface area (Å²) in [6, 6.07) is 0. The molecule has 0 heterocycles. The molecule has 9 nitrogen and oxygen atoms in total. The van der Waals surface area contributed by atoms with Crippen molar-refractivity contribution in [1.82, 2.24) is 0 Å². The van der Waals surface area contributed by atoms with Crippen LogP contribution in [0.4, 0.5) is 0 Å². The molecule has 3 rings (SSSR count). The number of carbonyl (C=O) groups is 4. The first-order valence-corrected chi connectivity index (χ1v) is 10.9. The molecule has 9 heteroatoms. The summed E-state index contributed by atoms with van der Waals surface area (Å²) in [6.45, 7) is 7.04. The molecule has 0 spiro atoms. The molecule has 2 aliphatic carbocycles. The molecule has 0 amide bonds. The Morgan fingerprint density at radius 2 is 1.48 bits per heavy atom. The largest absolute Gasteiger partial charge is 0.507 e. The van der Waals surface area contributed by atoms with E-state index in [0.29, 0.717) is 12.8 Å². The summed E-state index contributed by atoms with van der Waals surface area (Å²) in [5, 5.41) is 33.2. The van der Waals surface area contributed by atoms with Crippen molar-refractivity contribution in [1.29, 1.82) is 0 Å². The zero-order valence-electron chi connectivity index (χ0n) is 19.5. The third-order valence-electron chi connectivity index (χ3n) is 7.06. The van der Waals surface area contributed by atoms with Crippen LogP contribution in [0.3, 0.4) is 0 Å². The Balaban J connectivity index is 2.26. The Bertz CT molecular complexity index is 1020. The van der Waals surface area contributed by atoms with Gasteiger partial charge in [-0.15, -0.1) is 0 Å². The number of fused-ring (bicyclic) bond motifs is 3. The van der Waals surface area contributed by atoms with Crippen molar-refractivity contribution in [2.24, 2.45) is 11.3 Å². The van der Waals surface area contributed by atoms with Crippen LogP contribution in [0.25, 0.3) is 0 Å². The van der Waals surface area contributed by atoms with E-state index in [1.807, 2.05) is 13.8 Å². The summed E-state index contributed by atoms with van der Waals surface area (Å²) in [5.41, 5.74) is -2.16. The predicted octanol–water partition coefficient (Wildman–Crippen LogP) is 2.86. The summed E-state index contributed by atoms with van der Waals surface area (Å²) in [5.74, 6) is -6.75. The second-order valence-electron chi connectivity index (χ2n) is 9.90. The van der Waals surface area contributed by atoms with Crippen LogP contribution in [0.2, 0.25) is 0 Å². The molecule has 0 saturated heterocycles. The molecule has 180 valence electrons.